The van der Waals surface area contributed by atoms with Crippen molar-refractivity contribution in [2.24, 2.45) is 0 Å². The number of aromatic nitrogens is 3. The zero-order valence-electron chi connectivity index (χ0n) is 13.1. The van der Waals surface area contributed by atoms with Crippen molar-refractivity contribution in [2.75, 3.05) is 32.2 Å². The summed E-state index contributed by atoms with van der Waals surface area (Å²) in [5, 5.41) is 8.50. The zero-order chi connectivity index (χ0) is 16.2. The Hall–Kier alpha value is -2.25. The summed E-state index contributed by atoms with van der Waals surface area (Å²) in [7, 11) is 1.65. The van der Waals surface area contributed by atoms with Gasteiger partial charge in [-0.15, -0.1) is 0 Å². The van der Waals surface area contributed by atoms with Gasteiger partial charge in [-0.05, 0) is 19.1 Å². The number of benzene rings is 1. The number of nitrogens with zero attached hydrogens (tertiary/aromatic N) is 3. The summed E-state index contributed by atoms with van der Waals surface area (Å²) in [4.78, 5) is 4.34. The first-order valence-electron chi connectivity index (χ1n) is 7.48. The molecule has 7 heteroatoms. The van der Waals surface area contributed by atoms with Gasteiger partial charge >= 0.3 is 0 Å². The van der Waals surface area contributed by atoms with Gasteiger partial charge in [0, 0.05) is 31.2 Å². The van der Waals surface area contributed by atoms with Crippen LogP contribution in [0.25, 0.3) is 16.4 Å². The zero-order valence-corrected chi connectivity index (χ0v) is 13.1. The quantitative estimate of drug-likeness (QED) is 0.725. The number of nitrogens with one attached hydrogen (secondary N) is 1. The van der Waals surface area contributed by atoms with Crippen LogP contribution in [0, 0.1) is 5.82 Å². The van der Waals surface area contributed by atoms with Gasteiger partial charge in [0.15, 0.2) is 0 Å². The Labute approximate surface area is 133 Å². The molecule has 0 radical (unpaired) electrons. The Morgan fingerprint density at radius 1 is 1.30 bits per heavy atom. The lowest BCUT2D eigenvalue weighted by Gasteiger charge is -2.18. The standard InChI is InChI=1S/C16H19FN4O2/c1-3-23-9-12(8-22-2)19-16-7-15-13-5-4-11(17)6-14(13)20-21(15)10-18-16/h4-7,10,12,19H,3,8-9H2,1-2H3. The van der Waals surface area contributed by atoms with Crippen molar-refractivity contribution >= 4 is 22.2 Å². The highest BCUT2D eigenvalue weighted by Crippen LogP contribution is 2.22. The Morgan fingerprint density at radius 2 is 2.17 bits per heavy atom. The van der Waals surface area contributed by atoms with Gasteiger partial charge in [0.25, 0.3) is 0 Å². The fourth-order valence-corrected chi connectivity index (χ4v) is 2.49. The molecule has 2 aromatic heterocycles. The van der Waals surface area contributed by atoms with Crippen LogP contribution in [0.15, 0.2) is 30.6 Å². The molecule has 1 N–H and O–H groups in total. The van der Waals surface area contributed by atoms with E-state index in [9.17, 15) is 4.39 Å². The van der Waals surface area contributed by atoms with Gasteiger partial charge in [-0.2, -0.15) is 5.10 Å². The van der Waals surface area contributed by atoms with E-state index in [1.165, 1.54) is 12.1 Å². The summed E-state index contributed by atoms with van der Waals surface area (Å²) in [6.07, 6.45) is 1.61. The summed E-state index contributed by atoms with van der Waals surface area (Å²) < 4.78 is 25.6. The third kappa shape index (κ3) is 3.40. The molecule has 1 aromatic carbocycles. The number of hydrogen-bond donors (Lipinski definition) is 1. The molecule has 0 aliphatic carbocycles. The lowest BCUT2D eigenvalue weighted by Crippen LogP contribution is -2.30. The van der Waals surface area contributed by atoms with E-state index in [2.05, 4.69) is 15.4 Å². The molecule has 3 aromatic rings. The van der Waals surface area contributed by atoms with Crippen LogP contribution >= 0.6 is 0 Å². The second-order valence-corrected chi connectivity index (χ2v) is 5.22. The molecule has 6 nitrogen and oxygen atoms in total. The molecular formula is C16H19FN4O2. The van der Waals surface area contributed by atoms with Crippen molar-refractivity contribution in [3.8, 4) is 0 Å². The van der Waals surface area contributed by atoms with Crippen LogP contribution in [-0.4, -0.2) is 47.6 Å². The molecule has 23 heavy (non-hydrogen) atoms. The lowest BCUT2D eigenvalue weighted by molar-refractivity contribution is 0.100. The molecule has 0 amide bonds. The van der Waals surface area contributed by atoms with E-state index in [0.29, 0.717) is 31.2 Å². The topological polar surface area (TPSA) is 60.7 Å². The molecule has 0 saturated heterocycles. The highest BCUT2D eigenvalue weighted by Gasteiger charge is 2.12. The molecular weight excluding hydrogens is 299 g/mol. The fourth-order valence-electron chi connectivity index (χ4n) is 2.49. The van der Waals surface area contributed by atoms with E-state index in [-0.39, 0.29) is 11.9 Å². The van der Waals surface area contributed by atoms with Gasteiger partial charge < -0.3 is 14.8 Å². The van der Waals surface area contributed by atoms with E-state index < -0.39 is 0 Å². The summed E-state index contributed by atoms with van der Waals surface area (Å²) in [5.41, 5.74) is 1.47. The van der Waals surface area contributed by atoms with Crippen LogP contribution in [0.2, 0.25) is 0 Å². The molecule has 0 bridgehead atoms. The molecule has 0 aliphatic heterocycles. The third-order valence-electron chi connectivity index (χ3n) is 3.52. The van der Waals surface area contributed by atoms with Crippen molar-refractivity contribution < 1.29 is 13.9 Å². The van der Waals surface area contributed by atoms with Crippen molar-refractivity contribution in [1.29, 1.82) is 0 Å². The van der Waals surface area contributed by atoms with Crippen molar-refractivity contribution in [3.63, 3.8) is 0 Å². The normalized spacial score (nSPS) is 12.8. The molecule has 0 saturated carbocycles. The van der Waals surface area contributed by atoms with Crippen LogP contribution in [0.5, 0.6) is 0 Å². The number of anilines is 1. The molecule has 1 unspecified atom stereocenters. The van der Waals surface area contributed by atoms with Crippen LogP contribution in [-0.2, 0) is 9.47 Å². The number of rotatable bonds is 7. The first kappa shape index (κ1) is 15.6. The van der Waals surface area contributed by atoms with E-state index in [4.69, 9.17) is 9.47 Å². The average Bonchev–Trinajstić information content (AvgIpc) is 2.89. The fraction of sp³-hybridized carbons (Fsp3) is 0.375. The Balaban J connectivity index is 1.90. The Kier molecular flexibility index (Phi) is 4.68. The van der Waals surface area contributed by atoms with Crippen molar-refractivity contribution in [2.45, 2.75) is 13.0 Å². The van der Waals surface area contributed by atoms with E-state index in [0.717, 1.165) is 10.9 Å². The van der Waals surface area contributed by atoms with E-state index in [1.807, 2.05) is 13.0 Å². The monoisotopic (exact) mass is 318 g/mol. The highest BCUT2D eigenvalue weighted by atomic mass is 19.1. The van der Waals surface area contributed by atoms with E-state index >= 15 is 0 Å². The van der Waals surface area contributed by atoms with Crippen LogP contribution in [0.1, 0.15) is 6.92 Å². The van der Waals surface area contributed by atoms with Crippen LogP contribution in [0.4, 0.5) is 10.2 Å². The first-order valence-corrected chi connectivity index (χ1v) is 7.48. The van der Waals surface area contributed by atoms with Crippen LogP contribution < -0.4 is 5.32 Å². The summed E-state index contributed by atoms with van der Waals surface area (Å²) >= 11 is 0. The average molecular weight is 318 g/mol. The molecule has 3 rings (SSSR count). The minimum Gasteiger partial charge on any atom is -0.382 e. The third-order valence-corrected chi connectivity index (χ3v) is 3.52. The van der Waals surface area contributed by atoms with Gasteiger partial charge in [0.2, 0.25) is 0 Å². The van der Waals surface area contributed by atoms with Crippen molar-refractivity contribution in [1.82, 2.24) is 14.6 Å². The molecule has 2 heterocycles. The Bertz CT molecular complexity index is 805. The number of fused-ring (bicyclic) bond motifs is 3. The lowest BCUT2D eigenvalue weighted by atomic mass is 10.2. The smallest absolute Gasteiger partial charge is 0.130 e. The summed E-state index contributed by atoms with van der Waals surface area (Å²) in [6, 6.07) is 6.46. The van der Waals surface area contributed by atoms with Gasteiger partial charge in [0.1, 0.15) is 18.0 Å². The van der Waals surface area contributed by atoms with Gasteiger partial charge in [-0.25, -0.2) is 13.9 Å². The van der Waals surface area contributed by atoms with Crippen molar-refractivity contribution in [3.05, 3.63) is 36.4 Å². The molecule has 0 spiro atoms. The molecule has 122 valence electrons. The van der Waals surface area contributed by atoms with Gasteiger partial charge in [-0.1, -0.05) is 0 Å². The largest absolute Gasteiger partial charge is 0.382 e. The molecule has 0 aliphatic rings. The second-order valence-electron chi connectivity index (χ2n) is 5.22. The Morgan fingerprint density at radius 3 is 2.96 bits per heavy atom. The number of methoxy groups -OCH3 is 1. The summed E-state index contributed by atoms with van der Waals surface area (Å²) in [6.45, 7) is 3.64. The van der Waals surface area contributed by atoms with Crippen LogP contribution in [0.3, 0.4) is 0 Å². The predicted octanol–water partition coefficient (Wildman–Crippen LogP) is 2.49. The van der Waals surface area contributed by atoms with Gasteiger partial charge in [0.05, 0.1) is 30.3 Å². The molecule has 0 fully saturated rings. The number of halogens is 1. The number of hydrogen-bond acceptors (Lipinski definition) is 5. The second kappa shape index (κ2) is 6.89. The minimum absolute atomic E-state index is 0.00142. The number of ether oxygens (including phenoxy) is 2. The maximum Gasteiger partial charge on any atom is 0.130 e. The minimum atomic E-state index is -0.302. The summed E-state index contributed by atoms with van der Waals surface area (Å²) in [5.74, 6) is 0.398. The molecule has 1 atom stereocenters. The van der Waals surface area contributed by atoms with Gasteiger partial charge in [-0.3, -0.25) is 0 Å². The SMILES string of the molecule is CCOCC(COC)Nc1cc2c3ccc(F)cc3nn2cn1. The first-order chi connectivity index (χ1) is 11.2. The highest BCUT2D eigenvalue weighted by molar-refractivity contribution is 5.94. The maximum atomic E-state index is 13.3. The predicted molar refractivity (Wildman–Crippen MR) is 86.2 cm³/mol. The maximum absolute atomic E-state index is 13.3. The van der Waals surface area contributed by atoms with E-state index in [1.54, 1.807) is 24.0 Å².